The van der Waals surface area contributed by atoms with Gasteiger partial charge in [0.15, 0.2) is 33.0 Å². The second-order valence-corrected chi connectivity index (χ2v) is 13.8. The highest BCUT2D eigenvalue weighted by atomic mass is 35.5. The quantitative estimate of drug-likeness (QED) is 0.0886. The Kier molecular flexibility index (Phi) is 7.60. The first-order valence-corrected chi connectivity index (χ1v) is 15.8. The molecule has 3 aromatic carbocycles. The number of anilines is 1. The highest BCUT2D eigenvalue weighted by Gasteiger charge is 2.77. The van der Waals surface area contributed by atoms with E-state index in [-0.39, 0.29) is 46.9 Å². The lowest BCUT2D eigenvalue weighted by molar-refractivity contribution is -0.140. The second kappa shape index (κ2) is 11.3. The zero-order valence-electron chi connectivity index (χ0n) is 24.9. The summed E-state index contributed by atoms with van der Waals surface area (Å²) in [4.78, 5) is 51.6. The van der Waals surface area contributed by atoms with Crippen LogP contribution in [0.25, 0.3) is 0 Å². The lowest BCUT2D eigenvalue weighted by Gasteiger charge is -2.50. The molecular weight excluding hydrogens is 698 g/mol. The lowest BCUT2D eigenvalue weighted by atomic mass is 9.56. The molecule has 3 aromatic rings. The second-order valence-electron chi connectivity index (χ2n) is 12.5. The molecule has 1 saturated carbocycles. The van der Waals surface area contributed by atoms with Crippen molar-refractivity contribution in [3.63, 3.8) is 0 Å². The standard InChI is InChI=1S/C34H23Cl2F5N2O6/c35-33-13-20-18(8-9-19-21(20)30(47)42(29(19)46)11-10-14-4-6-16(44)7-5-14)22(15-2-1-3-17(45)12-15)34(33,36)32(49)43(31(33)48)28-26(40)24(38)23(37)25(39)27(28)41/h1-8,12,19-22,44-45H,9-11,13H2/t19-,20+,21-,22-,33+,34-/m0/s1. The molecule has 254 valence electrons. The maximum absolute atomic E-state index is 15.1. The number of likely N-dealkylation sites (tertiary alicyclic amines) is 1. The van der Waals surface area contributed by atoms with E-state index in [4.69, 9.17) is 23.2 Å². The molecule has 0 unspecified atom stereocenters. The van der Waals surface area contributed by atoms with Crippen LogP contribution in [-0.4, -0.2) is 55.0 Å². The van der Waals surface area contributed by atoms with Crippen molar-refractivity contribution < 1.29 is 51.3 Å². The van der Waals surface area contributed by atoms with Crippen molar-refractivity contribution in [3.05, 3.63) is 100 Å². The molecule has 8 nitrogen and oxygen atoms in total. The Morgan fingerprint density at radius 3 is 2.04 bits per heavy atom. The number of alkyl halides is 2. The number of phenolic OH excluding ortho intramolecular Hbond substituents is 2. The molecule has 0 radical (unpaired) electrons. The normalized spacial score (nSPS) is 29.2. The van der Waals surface area contributed by atoms with Crippen LogP contribution < -0.4 is 4.90 Å². The Labute approximate surface area is 284 Å². The SMILES string of the molecule is O=C1[C@H]2[C@H](CC=C3[C@H]2C[C@@]2(Cl)C(=O)N(c4c(F)c(F)c(F)c(F)c4F)C(=O)[C@@]2(Cl)[C@H]3c2cccc(O)c2)C(=O)N1CCc1ccc(O)cc1. The summed E-state index contributed by atoms with van der Waals surface area (Å²) in [7, 11) is 0. The van der Waals surface area contributed by atoms with Crippen LogP contribution in [-0.2, 0) is 25.6 Å². The summed E-state index contributed by atoms with van der Waals surface area (Å²) in [6.45, 7) is -0.0234. The molecule has 0 spiro atoms. The van der Waals surface area contributed by atoms with Crippen molar-refractivity contribution in [1.82, 2.24) is 4.90 Å². The maximum atomic E-state index is 15.1. The topological polar surface area (TPSA) is 115 Å². The number of rotatable bonds is 5. The summed E-state index contributed by atoms with van der Waals surface area (Å²) in [6.07, 6.45) is 1.20. The highest BCUT2D eigenvalue weighted by Crippen LogP contribution is 2.66. The van der Waals surface area contributed by atoms with Crippen LogP contribution in [0.5, 0.6) is 11.5 Å². The number of nitrogens with zero attached hydrogens (tertiary/aromatic N) is 2. The van der Waals surface area contributed by atoms with Crippen LogP contribution in [0.2, 0.25) is 0 Å². The van der Waals surface area contributed by atoms with Crippen molar-refractivity contribution in [2.24, 2.45) is 17.8 Å². The van der Waals surface area contributed by atoms with E-state index in [0.29, 0.717) is 0 Å². The van der Waals surface area contributed by atoms with Gasteiger partial charge in [0.2, 0.25) is 17.6 Å². The fraction of sp³-hybridized carbons (Fsp3) is 0.294. The Balaban J connectivity index is 1.35. The summed E-state index contributed by atoms with van der Waals surface area (Å²) < 4.78 is 72.9. The number of amides is 4. The van der Waals surface area contributed by atoms with E-state index in [1.165, 1.54) is 36.4 Å². The summed E-state index contributed by atoms with van der Waals surface area (Å²) in [5, 5.41) is 20.0. The Bertz CT molecular complexity index is 2000. The van der Waals surface area contributed by atoms with Crippen LogP contribution in [0.3, 0.4) is 0 Å². The Morgan fingerprint density at radius 2 is 1.41 bits per heavy atom. The number of carbonyl (C=O) groups is 4. The average Bonchev–Trinajstić information content (AvgIpc) is 3.40. The summed E-state index contributed by atoms with van der Waals surface area (Å²) >= 11 is 14.1. The third-order valence-corrected chi connectivity index (χ3v) is 11.5. The molecule has 15 heteroatoms. The monoisotopic (exact) mass is 720 g/mol. The van der Waals surface area contributed by atoms with E-state index in [0.717, 1.165) is 10.5 Å². The van der Waals surface area contributed by atoms with Crippen molar-refractivity contribution in [2.75, 3.05) is 11.4 Å². The van der Waals surface area contributed by atoms with Crippen LogP contribution in [0.4, 0.5) is 27.6 Å². The largest absolute Gasteiger partial charge is 0.508 e. The Hall–Kier alpha value is -4.49. The molecule has 2 N–H and O–H groups in total. The first kappa shape index (κ1) is 33.0. The lowest BCUT2D eigenvalue weighted by Crippen LogP contribution is -2.60. The minimum atomic E-state index is -2.67. The van der Waals surface area contributed by atoms with E-state index >= 15 is 8.78 Å². The van der Waals surface area contributed by atoms with Gasteiger partial charge in [0.1, 0.15) is 17.2 Å². The average molecular weight is 721 g/mol. The molecule has 0 aromatic heterocycles. The summed E-state index contributed by atoms with van der Waals surface area (Å²) in [6, 6.07) is 11.5. The molecule has 7 rings (SSSR count). The van der Waals surface area contributed by atoms with Gasteiger partial charge in [-0.1, -0.05) is 35.9 Å². The number of halogens is 7. The molecule has 49 heavy (non-hydrogen) atoms. The van der Waals surface area contributed by atoms with Crippen molar-refractivity contribution in [2.45, 2.75) is 34.9 Å². The van der Waals surface area contributed by atoms with Gasteiger partial charge in [-0.2, -0.15) is 0 Å². The van der Waals surface area contributed by atoms with Gasteiger partial charge in [-0.15, -0.1) is 23.2 Å². The fourth-order valence-electron chi connectivity index (χ4n) is 7.83. The van der Waals surface area contributed by atoms with Crippen LogP contribution >= 0.6 is 23.2 Å². The van der Waals surface area contributed by atoms with Crippen molar-refractivity contribution in [3.8, 4) is 11.5 Å². The highest BCUT2D eigenvalue weighted by molar-refractivity contribution is 6.58. The van der Waals surface area contributed by atoms with Crippen molar-refractivity contribution in [1.29, 1.82) is 0 Å². The molecule has 2 saturated heterocycles. The van der Waals surface area contributed by atoms with Crippen LogP contribution in [0.1, 0.15) is 29.9 Å². The molecule has 0 bridgehead atoms. The molecular formula is C34H23Cl2F5N2O6. The van der Waals surface area contributed by atoms with Gasteiger partial charge < -0.3 is 10.2 Å². The molecule has 2 aliphatic heterocycles. The number of imide groups is 2. The number of allylic oxidation sites excluding steroid dienone is 2. The molecule has 4 aliphatic rings. The number of hydrogen-bond acceptors (Lipinski definition) is 6. The van der Waals surface area contributed by atoms with Crippen LogP contribution in [0.15, 0.2) is 60.2 Å². The summed E-state index contributed by atoms with van der Waals surface area (Å²) in [5.41, 5.74) is -0.766. The fourth-order valence-corrected chi connectivity index (χ4v) is 8.77. The third-order valence-electron chi connectivity index (χ3n) is 10.1. The first-order chi connectivity index (χ1) is 23.1. The first-order valence-electron chi connectivity index (χ1n) is 15.0. The number of phenols is 2. The maximum Gasteiger partial charge on any atom is 0.258 e. The number of hydrogen-bond donors (Lipinski definition) is 2. The minimum Gasteiger partial charge on any atom is -0.508 e. The predicted molar refractivity (Wildman–Crippen MR) is 163 cm³/mol. The molecule has 2 aliphatic carbocycles. The van der Waals surface area contributed by atoms with Gasteiger partial charge in [0, 0.05) is 12.5 Å². The smallest absolute Gasteiger partial charge is 0.258 e. The third kappa shape index (κ3) is 4.47. The zero-order valence-corrected chi connectivity index (χ0v) is 26.4. The minimum absolute atomic E-state index is 0.00214. The molecule has 2 heterocycles. The Morgan fingerprint density at radius 1 is 0.776 bits per heavy atom. The van der Waals surface area contributed by atoms with Gasteiger partial charge in [0.05, 0.1) is 11.8 Å². The van der Waals surface area contributed by atoms with Gasteiger partial charge in [-0.3, -0.25) is 24.1 Å². The number of fused-ring (bicyclic) bond motifs is 4. The molecule has 6 atom stereocenters. The molecule has 3 fully saturated rings. The van der Waals surface area contributed by atoms with Gasteiger partial charge >= 0.3 is 0 Å². The van der Waals surface area contributed by atoms with Crippen molar-refractivity contribution >= 4 is 52.5 Å². The van der Waals surface area contributed by atoms with Gasteiger partial charge in [-0.05, 0) is 60.6 Å². The molecule has 4 amide bonds. The van der Waals surface area contributed by atoms with E-state index in [1.807, 2.05) is 0 Å². The number of benzene rings is 3. The van der Waals surface area contributed by atoms with Crippen LogP contribution in [0, 0.1) is 46.8 Å². The van der Waals surface area contributed by atoms with Gasteiger partial charge in [0.25, 0.3) is 11.8 Å². The van der Waals surface area contributed by atoms with E-state index in [2.05, 4.69) is 0 Å². The van der Waals surface area contributed by atoms with Gasteiger partial charge in [-0.25, -0.2) is 26.9 Å². The van der Waals surface area contributed by atoms with E-state index in [1.54, 1.807) is 18.2 Å². The summed E-state index contributed by atoms with van der Waals surface area (Å²) in [5.74, 6) is -21.4. The zero-order chi connectivity index (χ0) is 35.3. The van der Waals surface area contributed by atoms with E-state index in [9.17, 15) is 42.6 Å². The number of carbonyl (C=O) groups excluding carboxylic acids is 4. The van der Waals surface area contributed by atoms with E-state index < -0.39 is 98.2 Å². The predicted octanol–water partition coefficient (Wildman–Crippen LogP) is 5.60. The number of aromatic hydroxyl groups is 2.